The minimum atomic E-state index is -1.81. The maximum Gasteiger partial charge on any atom is 0.262 e. The average molecular weight is 238 g/mol. The minimum absolute atomic E-state index is 0.0426. The van der Waals surface area contributed by atoms with E-state index >= 15 is 0 Å². The quantitative estimate of drug-likeness (QED) is 0.730. The number of piperidine rings is 1. The Balaban J connectivity index is 2.05. The van der Waals surface area contributed by atoms with Gasteiger partial charge in [0.15, 0.2) is 5.67 Å². The number of carbonyl (C=O) groups is 1. The highest BCUT2D eigenvalue weighted by Crippen LogP contribution is 2.25. The summed E-state index contributed by atoms with van der Waals surface area (Å²) in [5.74, 6) is -0.592. The highest BCUT2D eigenvalue weighted by Gasteiger charge is 2.39. The Morgan fingerprint density at radius 1 is 1.41 bits per heavy atom. The second-order valence-corrected chi connectivity index (χ2v) is 4.22. The van der Waals surface area contributed by atoms with Crippen LogP contribution in [0, 0.1) is 0 Å². The Hall–Kier alpha value is -1.62. The number of hydrogen-bond acceptors (Lipinski definition) is 3. The molecule has 0 aliphatic carbocycles. The van der Waals surface area contributed by atoms with E-state index in [0.29, 0.717) is 18.8 Å². The molecule has 0 radical (unpaired) electrons. The molecule has 17 heavy (non-hydrogen) atoms. The van der Waals surface area contributed by atoms with Crippen LogP contribution in [0.3, 0.4) is 0 Å². The third-order valence-corrected chi connectivity index (χ3v) is 2.91. The molecule has 0 spiro atoms. The molecule has 0 unspecified atom stereocenters. The molecule has 0 aromatic heterocycles. The van der Waals surface area contributed by atoms with Gasteiger partial charge in [0.2, 0.25) is 0 Å². The van der Waals surface area contributed by atoms with Gasteiger partial charge in [-0.25, -0.2) is 4.39 Å². The summed E-state index contributed by atoms with van der Waals surface area (Å²) >= 11 is 0. The summed E-state index contributed by atoms with van der Waals surface area (Å²) < 4.78 is 14.2. The van der Waals surface area contributed by atoms with Crippen molar-refractivity contribution >= 4 is 11.6 Å². The van der Waals surface area contributed by atoms with Gasteiger partial charge in [-0.15, -0.1) is 0 Å². The normalized spacial score (nSPS) is 18.6. The number of anilines is 1. The second kappa shape index (κ2) is 4.71. The summed E-state index contributed by atoms with van der Waals surface area (Å²) in [4.78, 5) is 11.8. The topological polar surface area (TPSA) is 61.4 Å². The standard InChI is InChI=1S/C12H15FN2O2/c13-12(4-6-14-7-5-12)11(17)15-9-2-1-3-10(16)8-9/h1-3,8,14,16H,4-7H2,(H,15,17). The van der Waals surface area contributed by atoms with Gasteiger partial charge in [0, 0.05) is 24.6 Å². The zero-order chi connectivity index (χ0) is 12.3. The SMILES string of the molecule is O=C(Nc1cccc(O)c1)C1(F)CCNCC1. The highest BCUT2D eigenvalue weighted by molar-refractivity contribution is 5.97. The Labute approximate surface area is 98.8 Å². The lowest BCUT2D eigenvalue weighted by molar-refractivity contribution is -0.128. The summed E-state index contributed by atoms with van der Waals surface area (Å²) in [6.45, 7) is 1.01. The average Bonchev–Trinajstić information content (AvgIpc) is 2.30. The first-order valence-electron chi connectivity index (χ1n) is 5.60. The van der Waals surface area contributed by atoms with E-state index in [1.807, 2.05) is 0 Å². The molecule has 5 heteroatoms. The van der Waals surface area contributed by atoms with Crippen LogP contribution in [-0.4, -0.2) is 29.8 Å². The van der Waals surface area contributed by atoms with E-state index in [-0.39, 0.29) is 18.6 Å². The fraction of sp³-hybridized carbons (Fsp3) is 0.417. The molecule has 1 heterocycles. The number of halogens is 1. The molecule has 3 N–H and O–H groups in total. The lowest BCUT2D eigenvalue weighted by Gasteiger charge is -2.28. The number of alkyl halides is 1. The molecule has 1 saturated heterocycles. The highest BCUT2D eigenvalue weighted by atomic mass is 19.1. The summed E-state index contributed by atoms with van der Waals surface area (Å²) in [6.07, 6.45) is 0.356. The summed E-state index contributed by atoms with van der Waals surface area (Å²) in [6, 6.07) is 6.09. The van der Waals surface area contributed by atoms with Gasteiger partial charge in [0.25, 0.3) is 5.91 Å². The van der Waals surface area contributed by atoms with Gasteiger partial charge in [-0.2, -0.15) is 0 Å². The third kappa shape index (κ3) is 2.74. The zero-order valence-corrected chi connectivity index (χ0v) is 9.37. The number of rotatable bonds is 2. The van der Waals surface area contributed by atoms with E-state index in [1.54, 1.807) is 12.1 Å². The van der Waals surface area contributed by atoms with Crippen LogP contribution in [0.5, 0.6) is 5.75 Å². The number of nitrogens with one attached hydrogen (secondary N) is 2. The predicted molar refractivity (Wildman–Crippen MR) is 62.7 cm³/mol. The van der Waals surface area contributed by atoms with Gasteiger partial charge in [-0.1, -0.05) is 6.07 Å². The molecule has 92 valence electrons. The van der Waals surface area contributed by atoms with E-state index in [4.69, 9.17) is 0 Å². The number of phenolic OH excluding ortho intramolecular Hbond substituents is 1. The number of phenols is 1. The van der Waals surface area contributed by atoms with Crippen LogP contribution in [0.15, 0.2) is 24.3 Å². The van der Waals surface area contributed by atoms with Crippen molar-refractivity contribution in [2.45, 2.75) is 18.5 Å². The van der Waals surface area contributed by atoms with Crippen LogP contribution in [0.4, 0.5) is 10.1 Å². The Morgan fingerprint density at radius 3 is 2.76 bits per heavy atom. The van der Waals surface area contributed by atoms with Gasteiger partial charge >= 0.3 is 0 Å². The van der Waals surface area contributed by atoms with Crippen LogP contribution in [0.25, 0.3) is 0 Å². The number of aromatic hydroxyl groups is 1. The van der Waals surface area contributed by atoms with Crippen molar-refractivity contribution in [3.05, 3.63) is 24.3 Å². The molecular weight excluding hydrogens is 223 g/mol. The molecule has 1 aliphatic rings. The van der Waals surface area contributed by atoms with Crippen LogP contribution in [-0.2, 0) is 4.79 Å². The van der Waals surface area contributed by atoms with Crippen molar-refractivity contribution in [2.24, 2.45) is 0 Å². The summed E-state index contributed by atoms with van der Waals surface area (Å²) in [5.41, 5.74) is -1.40. The molecule has 1 fully saturated rings. The molecule has 1 aromatic rings. The minimum Gasteiger partial charge on any atom is -0.508 e. The maximum atomic E-state index is 14.2. The first-order valence-corrected chi connectivity index (χ1v) is 5.60. The van der Waals surface area contributed by atoms with Crippen LogP contribution < -0.4 is 10.6 Å². The van der Waals surface area contributed by atoms with Crippen molar-refractivity contribution in [3.63, 3.8) is 0 Å². The molecule has 1 aromatic carbocycles. The van der Waals surface area contributed by atoms with E-state index < -0.39 is 11.6 Å². The number of hydrogen-bond donors (Lipinski definition) is 3. The number of carbonyl (C=O) groups excluding carboxylic acids is 1. The smallest absolute Gasteiger partial charge is 0.262 e. The van der Waals surface area contributed by atoms with E-state index in [2.05, 4.69) is 10.6 Å². The molecule has 0 atom stereocenters. The summed E-state index contributed by atoms with van der Waals surface area (Å²) in [5, 5.41) is 14.7. The Morgan fingerprint density at radius 2 is 2.12 bits per heavy atom. The van der Waals surface area contributed by atoms with Gasteiger partial charge in [0.05, 0.1) is 0 Å². The van der Waals surface area contributed by atoms with Gasteiger partial charge in [-0.3, -0.25) is 4.79 Å². The fourth-order valence-electron chi connectivity index (χ4n) is 1.88. The molecule has 1 amide bonds. The second-order valence-electron chi connectivity index (χ2n) is 4.22. The largest absolute Gasteiger partial charge is 0.508 e. The van der Waals surface area contributed by atoms with Crippen molar-refractivity contribution in [1.82, 2.24) is 5.32 Å². The number of benzene rings is 1. The Kier molecular flexibility index (Phi) is 3.28. The van der Waals surface area contributed by atoms with Crippen molar-refractivity contribution in [1.29, 1.82) is 0 Å². The third-order valence-electron chi connectivity index (χ3n) is 2.91. The van der Waals surface area contributed by atoms with E-state index in [1.165, 1.54) is 12.1 Å². The Bertz CT molecular complexity index is 417. The van der Waals surface area contributed by atoms with Gasteiger partial charge in [0.1, 0.15) is 5.75 Å². The molecule has 0 bridgehead atoms. The van der Waals surface area contributed by atoms with Crippen molar-refractivity contribution < 1.29 is 14.3 Å². The molecule has 1 aliphatic heterocycles. The lowest BCUT2D eigenvalue weighted by Crippen LogP contribution is -2.47. The van der Waals surface area contributed by atoms with Crippen molar-refractivity contribution in [3.8, 4) is 5.75 Å². The van der Waals surface area contributed by atoms with Crippen LogP contribution in [0.2, 0.25) is 0 Å². The van der Waals surface area contributed by atoms with Crippen LogP contribution >= 0.6 is 0 Å². The van der Waals surface area contributed by atoms with Gasteiger partial charge in [-0.05, 0) is 25.2 Å². The first-order chi connectivity index (χ1) is 8.10. The number of amides is 1. The monoisotopic (exact) mass is 238 g/mol. The summed E-state index contributed by atoms with van der Waals surface area (Å²) in [7, 11) is 0. The molecule has 0 saturated carbocycles. The fourth-order valence-corrected chi connectivity index (χ4v) is 1.88. The van der Waals surface area contributed by atoms with Crippen molar-refractivity contribution in [2.75, 3.05) is 18.4 Å². The van der Waals surface area contributed by atoms with E-state index in [0.717, 1.165) is 0 Å². The zero-order valence-electron chi connectivity index (χ0n) is 9.37. The predicted octanol–water partition coefficient (Wildman–Crippen LogP) is 1.42. The molecule has 2 rings (SSSR count). The first kappa shape index (κ1) is 11.9. The van der Waals surface area contributed by atoms with E-state index in [9.17, 15) is 14.3 Å². The molecule has 4 nitrogen and oxygen atoms in total. The molecular formula is C12H15FN2O2. The van der Waals surface area contributed by atoms with Gasteiger partial charge < -0.3 is 15.7 Å². The lowest BCUT2D eigenvalue weighted by atomic mass is 9.93. The maximum absolute atomic E-state index is 14.2. The van der Waals surface area contributed by atoms with Crippen LogP contribution in [0.1, 0.15) is 12.8 Å².